The molecule has 9 aromatic rings. The van der Waals surface area contributed by atoms with Gasteiger partial charge in [-0.1, -0.05) is 109 Å². The number of aryl methyl sites for hydroxylation is 2. The molecule has 0 saturated heterocycles. The average molecular weight is 721 g/mol. The standard InChI is InChI=1S/C53H40N2O/c1-4-12-37(13-5-1)38-20-24-43(25-21-38)54(41-14-6-2-7-15-41)44-26-22-39-30-32-53(49(39)34-44)33-31-40-23-27-45(35-50(40)53)55(42-16-8-3-9-17-42)46-28-29-48-47-18-10-11-19-51(47)56-52(48)36-46/h1-29,34-36H,30-33H2/t53-/m1/s1. The summed E-state index contributed by atoms with van der Waals surface area (Å²) in [6.07, 6.45) is 4.41. The lowest BCUT2D eigenvalue weighted by Crippen LogP contribution is -2.22. The van der Waals surface area contributed by atoms with Gasteiger partial charge in [0.05, 0.1) is 0 Å². The highest BCUT2D eigenvalue weighted by molar-refractivity contribution is 6.06. The molecule has 1 heterocycles. The molecule has 0 radical (unpaired) electrons. The zero-order valence-electron chi connectivity index (χ0n) is 31.1. The molecule has 2 aliphatic rings. The molecule has 0 amide bonds. The van der Waals surface area contributed by atoms with E-state index in [9.17, 15) is 0 Å². The maximum atomic E-state index is 6.39. The molecule has 11 rings (SSSR count). The summed E-state index contributed by atoms with van der Waals surface area (Å²) in [5.41, 5.74) is 17.0. The van der Waals surface area contributed by atoms with E-state index in [2.05, 4.69) is 198 Å². The number of furan rings is 1. The third-order valence-corrected chi connectivity index (χ3v) is 12.3. The number of nitrogens with zero attached hydrogens (tertiary/aromatic N) is 2. The summed E-state index contributed by atoms with van der Waals surface area (Å²) >= 11 is 0. The summed E-state index contributed by atoms with van der Waals surface area (Å²) in [7, 11) is 0. The topological polar surface area (TPSA) is 19.6 Å². The molecule has 3 heteroatoms. The summed E-state index contributed by atoms with van der Waals surface area (Å²) in [6, 6.07) is 70.6. The minimum absolute atomic E-state index is 0.0404. The van der Waals surface area contributed by atoms with Crippen molar-refractivity contribution in [1.82, 2.24) is 0 Å². The van der Waals surface area contributed by atoms with Crippen LogP contribution in [-0.4, -0.2) is 0 Å². The highest BCUT2D eigenvalue weighted by atomic mass is 16.3. The van der Waals surface area contributed by atoms with E-state index in [0.717, 1.165) is 70.4 Å². The van der Waals surface area contributed by atoms with Crippen molar-refractivity contribution in [2.75, 3.05) is 9.80 Å². The molecular weight excluding hydrogens is 681 g/mol. The van der Waals surface area contributed by atoms with Crippen LogP contribution in [-0.2, 0) is 18.3 Å². The van der Waals surface area contributed by atoms with Crippen LogP contribution < -0.4 is 9.80 Å². The molecule has 1 spiro atoms. The lowest BCUT2D eigenvalue weighted by molar-refractivity contribution is 0.507. The maximum Gasteiger partial charge on any atom is 0.137 e. The zero-order valence-corrected chi connectivity index (χ0v) is 31.1. The number of benzene rings is 8. The fourth-order valence-corrected chi connectivity index (χ4v) is 9.57. The molecule has 56 heavy (non-hydrogen) atoms. The van der Waals surface area contributed by atoms with Gasteiger partial charge in [-0.2, -0.15) is 0 Å². The second kappa shape index (κ2) is 13.2. The van der Waals surface area contributed by atoms with Crippen LogP contribution in [0.5, 0.6) is 0 Å². The van der Waals surface area contributed by atoms with E-state index in [0.29, 0.717) is 0 Å². The van der Waals surface area contributed by atoms with E-state index in [-0.39, 0.29) is 5.41 Å². The van der Waals surface area contributed by atoms with Gasteiger partial charge in [0, 0.05) is 56.4 Å². The molecule has 3 nitrogen and oxygen atoms in total. The van der Waals surface area contributed by atoms with Crippen LogP contribution in [0.15, 0.2) is 199 Å². The largest absolute Gasteiger partial charge is 0.456 e. The van der Waals surface area contributed by atoms with Crippen molar-refractivity contribution in [3.8, 4) is 11.1 Å². The third kappa shape index (κ3) is 5.34. The van der Waals surface area contributed by atoms with Crippen molar-refractivity contribution >= 4 is 56.1 Å². The van der Waals surface area contributed by atoms with Crippen molar-refractivity contribution in [1.29, 1.82) is 0 Å². The van der Waals surface area contributed by atoms with Crippen molar-refractivity contribution in [3.63, 3.8) is 0 Å². The molecule has 0 fully saturated rings. The summed E-state index contributed by atoms with van der Waals surface area (Å²) in [4.78, 5) is 4.81. The van der Waals surface area contributed by atoms with Gasteiger partial charge in [-0.25, -0.2) is 0 Å². The van der Waals surface area contributed by atoms with Crippen LogP contribution in [0.25, 0.3) is 33.1 Å². The summed E-state index contributed by atoms with van der Waals surface area (Å²) < 4.78 is 6.39. The first-order valence-corrected chi connectivity index (χ1v) is 19.8. The summed E-state index contributed by atoms with van der Waals surface area (Å²) in [6.45, 7) is 0. The Morgan fingerprint density at radius 3 is 1.43 bits per heavy atom. The number of anilines is 6. The highest BCUT2D eigenvalue weighted by Gasteiger charge is 2.45. The van der Waals surface area contributed by atoms with E-state index < -0.39 is 0 Å². The molecular formula is C53H40N2O. The molecule has 1 aromatic heterocycles. The lowest BCUT2D eigenvalue weighted by atomic mass is 9.76. The Morgan fingerprint density at radius 1 is 0.357 bits per heavy atom. The van der Waals surface area contributed by atoms with Crippen LogP contribution in [0.3, 0.4) is 0 Å². The normalized spacial score (nSPS) is 15.6. The molecule has 1 atom stereocenters. The van der Waals surface area contributed by atoms with Gasteiger partial charge in [-0.05, 0) is 138 Å². The van der Waals surface area contributed by atoms with Crippen LogP contribution in [0.4, 0.5) is 34.1 Å². The van der Waals surface area contributed by atoms with E-state index in [1.807, 2.05) is 6.07 Å². The SMILES string of the molecule is c1ccc(-c2ccc(N(c3ccccc3)c3ccc4c(c3)[C@@]3(CC4)CCc4ccc(N(c5ccccc5)c5ccc6c(c5)oc5ccccc56)cc43)cc2)cc1. The van der Waals surface area contributed by atoms with Crippen LogP contribution in [0, 0.1) is 0 Å². The lowest BCUT2D eigenvalue weighted by Gasteiger charge is -2.31. The number of hydrogen-bond acceptors (Lipinski definition) is 3. The summed E-state index contributed by atoms with van der Waals surface area (Å²) in [5.74, 6) is 0. The van der Waals surface area contributed by atoms with Crippen LogP contribution in [0.1, 0.15) is 35.1 Å². The van der Waals surface area contributed by atoms with Crippen molar-refractivity contribution in [2.45, 2.75) is 31.1 Å². The Balaban J connectivity index is 1.01. The monoisotopic (exact) mass is 720 g/mol. The van der Waals surface area contributed by atoms with Gasteiger partial charge in [0.2, 0.25) is 0 Å². The van der Waals surface area contributed by atoms with Gasteiger partial charge in [0.25, 0.3) is 0 Å². The van der Waals surface area contributed by atoms with Crippen LogP contribution in [0.2, 0.25) is 0 Å². The second-order valence-corrected chi connectivity index (χ2v) is 15.3. The minimum atomic E-state index is -0.0404. The smallest absolute Gasteiger partial charge is 0.137 e. The molecule has 0 aliphatic heterocycles. The molecule has 0 N–H and O–H groups in total. The van der Waals surface area contributed by atoms with Gasteiger partial charge >= 0.3 is 0 Å². The molecule has 0 saturated carbocycles. The molecule has 0 unspecified atom stereocenters. The molecule has 0 bridgehead atoms. The predicted molar refractivity (Wildman–Crippen MR) is 232 cm³/mol. The van der Waals surface area contributed by atoms with Gasteiger partial charge in [-0.15, -0.1) is 0 Å². The Hall–Kier alpha value is -6.84. The maximum absolute atomic E-state index is 6.39. The minimum Gasteiger partial charge on any atom is -0.456 e. The quantitative estimate of drug-likeness (QED) is 0.163. The average Bonchev–Trinajstić information content (AvgIpc) is 3.95. The summed E-state index contributed by atoms with van der Waals surface area (Å²) in [5, 5.41) is 2.29. The predicted octanol–water partition coefficient (Wildman–Crippen LogP) is 14.4. The second-order valence-electron chi connectivity index (χ2n) is 15.3. The van der Waals surface area contributed by atoms with Gasteiger partial charge in [0.15, 0.2) is 0 Å². The van der Waals surface area contributed by atoms with Crippen molar-refractivity contribution in [2.24, 2.45) is 0 Å². The van der Waals surface area contributed by atoms with E-state index in [1.165, 1.54) is 44.8 Å². The Bertz CT molecular complexity index is 2860. The third-order valence-electron chi connectivity index (χ3n) is 12.3. The van der Waals surface area contributed by atoms with Crippen molar-refractivity contribution < 1.29 is 4.42 Å². The Morgan fingerprint density at radius 2 is 0.804 bits per heavy atom. The number of rotatable bonds is 7. The van der Waals surface area contributed by atoms with Gasteiger partial charge in [-0.3, -0.25) is 0 Å². The number of hydrogen-bond donors (Lipinski definition) is 0. The van der Waals surface area contributed by atoms with Crippen molar-refractivity contribution in [3.05, 3.63) is 216 Å². The first-order chi connectivity index (χ1) is 27.7. The van der Waals surface area contributed by atoms with Crippen LogP contribution >= 0.6 is 0 Å². The highest BCUT2D eigenvalue weighted by Crippen LogP contribution is 2.55. The first kappa shape index (κ1) is 32.6. The zero-order chi connectivity index (χ0) is 37.1. The van der Waals surface area contributed by atoms with Gasteiger partial charge < -0.3 is 14.2 Å². The Kier molecular flexibility index (Phi) is 7.67. The number of fused-ring (bicyclic) bond motifs is 7. The molecule has 8 aromatic carbocycles. The van der Waals surface area contributed by atoms with Gasteiger partial charge in [0.1, 0.15) is 11.2 Å². The first-order valence-electron chi connectivity index (χ1n) is 19.8. The fraction of sp³-hybridized carbons (Fsp3) is 0.0943. The number of para-hydroxylation sites is 3. The molecule has 268 valence electrons. The molecule has 2 aliphatic carbocycles. The van der Waals surface area contributed by atoms with E-state index in [4.69, 9.17) is 4.42 Å². The Labute approximate surface area is 327 Å². The van der Waals surface area contributed by atoms with E-state index in [1.54, 1.807) is 0 Å². The fourth-order valence-electron chi connectivity index (χ4n) is 9.57. The van der Waals surface area contributed by atoms with E-state index >= 15 is 0 Å².